The normalized spacial score (nSPS) is 22.6. The van der Waals surface area contributed by atoms with Gasteiger partial charge in [-0.15, -0.1) is 0 Å². The van der Waals surface area contributed by atoms with Crippen molar-refractivity contribution in [2.45, 2.75) is 25.4 Å². The number of hydrogen-bond acceptors (Lipinski definition) is 4. The van der Waals surface area contributed by atoms with Gasteiger partial charge in [-0.25, -0.2) is 0 Å². The van der Waals surface area contributed by atoms with Crippen LogP contribution in [0.15, 0.2) is 18.2 Å². The number of benzene rings is 1. The maximum Gasteiger partial charge on any atom is 0.417 e. The zero-order chi connectivity index (χ0) is 14.9. The Morgan fingerprint density at radius 3 is 2.70 bits per heavy atom. The fraction of sp³-hybridized carbons (Fsp3) is 0.385. The van der Waals surface area contributed by atoms with Gasteiger partial charge in [-0.05, 0) is 25.1 Å². The van der Waals surface area contributed by atoms with Gasteiger partial charge in [0, 0.05) is 5.69 Å². The van der Waals surface area contributed by atoms with Gasteiger partial charge < -0.3 is 14.4 Å². The maximum atomic E-state index is 12.9. The molecule has 0 amide bonds. The molecule has 2 rings (SSSR count). The van der Waals surface area contributed by atoms with Crippen LogP contribution < -0.4 is 4.90 Å². The standard InChI is InChI=1S/C13H11F3N2O2/c1-8-18(6-11(7-19)20-8)10-3-2-9(5-17)12(4-10)13(14,15)16/h2-4,7-8,11H,6H2,1H3/t8-,11+/m1/s1. The van der Waals surface area contributed by atoms with Gasteiger partial charge in [0.25, 0.3) is 0 Å². The number of rotatable bonds is 2. The number of anilines is 1. The number of carbonyl (C=O) groups excluding carboxylic acids is 1. The Balaban J connectivity index is 2.40. The second kappa shape index (κ2) is 5.13. The number of ether oxygens (including phenoxy) is 1. The molecular formula is C13H11F3N2O2. The SMILES string of the molecule is C[C@H]1O[C@H](C=O)CN1c1ccc(C#N)c(C(F)(F)F)c1. The molecule has 0 bridgehead atoms. The lowest BCUT2D eigenvalue weighted by molar-refractivity contribution is -0.137. The van der Waals surface area contributed by atoms with Crippen molar-refractivity contribution in [2.75, 3.05) is 11.4 Å². The Morgan fingerprint density at radius 1 is 1.50 bits per heavy atom. The monoisotopic (exact) mass is 284 g/mol. The molecule has 4 nitrogen and oxygen atoms in total. The predicted molar refractivity (Wildman–Crippen MR) is 63.9 cm³/mol. The van der Waals surface area contributed by atoms with Crippen molar-refractivity contribution in [3.8, 4) is 6.07 Å². The van der Waals surface area contributed by atoms with Crippen LogP contribution in [0.2, 0.25) is 0 Å². The van der Waals surface area contributed by atoms with E-state index < -0.39 is 29.6 Å². The summed E-state index contributed by atoms with van der Waals surface area (Å²) in [6.45, 7) is 1.84. The molecule has 1 fully saturated rings. The zero-order valence-electron chi connectivity index (χ0n) is 10.5. The third kappa shape index (κ3) is 2.60. The minimum atomic E-state index is -4.60. The summed E-state index contributed by atoms with van der Waals surface area (Å²) in [4.78, 5) is 12.2. The number of alkyl halides is 3. The number of nitriles is 1. The molecule has 1 heterocycles. The highest BCUT2D eigenvalue weighted by atomic mass is 19.4. The van der Waals surface area contributed by atoms with Crippen molar-refractivity contribution < 1.29 is 22.7 Å². The van der Waals surface area contributed by atoms with Crippen molar-refractivity contribution >= 4 is 12.0 Å². The first kappa shape index (κ1) is 14.3. The Kier molecular flexibility index (Phi) is 3.68. The lowest BCUT2D eigenvalue weighted by atomic mass is 10.1. The Bertz CT molecular complexity index is 566. The van der Waals surface area contributed by atoms with E-state index in [0.29, 0.717) is 6.29 Å². The molecular weight excluding hydrogens is 273 g/mol. The van der Waals surface area contributed by atoms with E-state index >= 15 is 0 Å². The van der Waals surface area contributed by atoms with Gasteiger partial charge in [-0.1, -0.05) is 0 Å². The summed E-state index contributed by atoms with van der Waals surface area (Å²) < 4.78 is 43.9. The lowest BCUT2D eigenvalue weighted by Crippen LogP contribution is -2.28. The summed E-state index contributed by atoms with van der Waals surface area (Å²) in [5.41, 5.74) is -1.15. The fourth-order valence-corrected chi connectivity index (χ4v) is 2.15. The highest BCUT2D eigenvalue weighted by Gasteiger charge is 2.36. The Hall–Kier alpha value is -2.07. The molecule has 0 N–H and O–H groups in total. The van der Waals surface area contributed by atoms with Crippen LogP contribution in [-0.2, 0) is 15.7 Å². The predicted octanol–water partition coefficient (Wildman–Crippen LogP) is 2.33. The summed E-state index contributed by atoms with van der Waals surface area (Å²) in [7, 11) is 0. The van der Waals surface area contributed by atoms with Crippen LogP contribution in [0.4, 0.5) is 18.9 Å². The molecule has 1 aliphatic rings. The van der Waals surface area contributed by atoms with Gasteiger partial charge in [0.2, 0.25) is 0 Å². The lowest BCUT2D eigenvalue weighted by Gasteiger charge is -2.23. The average Bonchev–Trinajstić information content (AvgIpc) is 2.78. The highest BCUT2D eigenvalue weighted by Crippen LogP contribution is 2.35. The van der Waals surface area contributed by atoms with Gasteiger partial charge in [0.15, 0.2) is 6.29 Å². The maximum absolute atomic E-state index is 12.9. The molecule has 20 heavy (non-hydrogen) atoms. The minimum Gasteiger partial charge on any atom is -0.346 e. The summed E-state index contributed by atoms with van der Waals surface area (Å²) in [6, 6.07) is 4.98. The van der Waals surface area contributed by atoms with E-state index in [4.69, 9.17) is 10.00 Å². The number of hydrogen-bond donors (Lipinski definition) is 0. The first-order valence-electron chi connectivity index (χ1n) is 5.85. The van der Waals surface area contributed by atoms with E-state index in [-0.39, 0.29) is 12.2 Å². The minimum absolute atomic E-state index is 0.188. The van der Waals surface area contributed by atoms with Crippen molar-refractivity contribution in [2.24, 2.45) is 0 Å². The Morgan fingerprint density at radius 2 is 2.20 bits per heavy atom. The fourth-order valence-electron chi connectivity index (χ4n) is 2.15. The van der Waals surface area contributed by atoms with E-state index in [2.05, 4.69) is 0 Å². The number of nitrogens with zero attached hydrogens (tertiary/aromatic N) is 2. The van der Waals surface area contributed by atoms with Crippen molar-refractivity contribution in [1.29, 1.82) is 5.26 Å². The van der Waals surface area contributed by atoms with Crippen molar-refractivity contribution in [3.05, 3.63) is 29.3 Å². The zero-order valence-corrected chi connectivity index (χ0v) is 10.5. The van der Waals surface area contributed by atoms with Crippen LogP contribution in [0.1, 0.15) is 18.1 Å². The van der Waals surface area contributed by atoms with Crippen LogP contribution >= 0.6 is 0 Å². The van der Waals surface area contributed by atoms with E-state index in [1.807, 2.05) is 0 Å². The van der Waals surface area contributed by atoms with Crippen LogP contribution in [0, 0.1) is 11.3 Å². The molecule has 0 unspecified atom stereocenters. The van der Waals surface area contributed by atoms with Crippen molar-refractivity contribution in [1.82, 2.24) is 0 Å². The van der Waals surface area contributed by atoms with Gasteiger partial charge in [-0.2, -0.15) is 18.4 Å². The third-order valence-electron chi connectivity index (χ3n) is 3.10. The molecule has 0 radical (unpaired) electrons. The second-order valence-electron chi connectivity index (χ2n) is 4.40. The average molecular weight is 284 g/mol. The molecule has 1 saturated heterocycles. The van der Waals surface area contributed by atoms with Gasteiger partial charge in [0.1, 0.15) is 12.3 Å². The van der Waals surface area contributed by atoms with E-state index in [1.54, 1.807) is 11.8 Å². The Labute approximate surface area is 113 Å². The van der Waals surface area contributed by atoms with Gasteiger partial charge in [-0.3, -0.25) is 0 Å². The quantitative estimate of drug-likeness (QED) is 0.782. The highest BCUT2D eigenvalue weighted by molar-refractivity contribution is 5.62. The van der Waals surface area contributed by atoms with E-state index in [1.165, 1.54) is 12.1 Å². The second-order valence-corrected chi connectivity index (χ2v) is 4.40. The van der Waals surface area contributed by atoms with E-state index in [9.17, 15) is 18.0 Å². The molecule has 1 aliphatic heterocycles. The van der Waals surface area contributed by atoms with Crippen LogP contribution in [0.25, 0.3) is 0 Å². The topological polar surface area (TPSA) is 53.3 Å². The molecule has 1 aromatic rings. The van der Waals surface area contributed by atoms with Gasteiger partial charge in [0.05, 0.1) is 23.7 Å². The smallest absolute Gasteiger partial charge is 0.346 e. The molecule has 0 spiro atoms. The molecule has 0 aromatic heterocycles. The number of carbonyl (C=O) groups is 1. The van der Waals surface area contributed by atoms with E-state index in [0.717, 1.165) is 12.1 Å². The largest absolute Gasteiger partial charge is 0.417 e. The van der Waals surface area contributed by atoms with Crippen molar-refractivity contribution in [3.63, 3.8) is 0 Å². The first-order chi connectivity index (χ1) is 9.36. The molecule has 7 heteroatoms. The molecule has 0 saturated carbocycles. The van der Waals surface area contributed by atoms with Crippen LogP contribution in [-0.4, -0.2) is 25.2 Å². The summed E-state index contributed by atoms with van der Waals surface area (Å²) in [6.07, 6.45) is -5.14. The first-order valence-corrected chi connectivity index (χ1v) is 5.85. The summed E-state index contributed by atoms with van der Waals surface area (Å²) in [5.74, 6) is 0. The third-order valence-corrected chi connectivity index (χ3v) is 3.10. The number of aldehydes is 1. The summed E-state index contributed by atoms with van der Waals surface area (Å²) in [5, 5.41) is 8.74. The molecule has 2 atom stereocenters. The number of halogens is 3. The molecule has 106 valence electrons. The molecule has 1 aromatic carbocycles. The van der Waals surface area contributed by atoms with Crippen LogP contribution in [0.3, 0.4) is 0 Å². The van der Waals surface area contributed by atoms with Crippen LogP contribution in [0.5, 0.6) is 0 Å². The summed E-state index contributed by atoms with van der Waals surface area (Å²) >= 11 is 0. The molecule has 0 aliphatic carbocycles. The van der Waals surface area contributed by atoms with Gasteiger partial charge >= 0.3 is 6.18 Å².